The molecule has 2 N–H and O–H groups in total. The van der Waals surface area contributed by atoms with E-state index in [0.717, 1.165) is 33.5 Å². The number of thiophene rings is 1. The molecule has 0 radical (unpaired) electrons. The highest BCUT2D eigenvalue weighted by atomic mass is 32.1. The fourth-order valence-corrected chi connectivity index (χ4v) is 4.49. The van der Waals surface area contributed by atoms with Gasteiger partial charge < -0.3 is 9.72 Å². The maximum atomic E-state index is 12.3. The molecule has 0 bridgehead atoms. The van der Waals surface area contributed by atoms with Crippen LogP contribution in [-0.2, 0) is 0 Å². The van der Waals surface area contributed by atoms with Gasteiger partial charge in [0, 0.05) is 10.9 Å². The molecule has 5 aromatic rings. The second kappa shape index (κ2) is 6.72. The van der Waals surface area contributed by atoms with E-state index in [1.54, 1.807) is 7.11 Å². The van der Waals surface area contributed by atoms with Crippen LogP contribution in [0.2, 0.25) is 0 Å². The fourth-order valence-electron chi connectivity index (χ4n) is 3.44. The molecule has 142 valence electrons. The van der Waals surface area contributed by atoms with Gasteiger partial charge in [0.25, 0.3) is 5.56 Å². The zero-order valence-electron chi connectivity index (χ0n) is 15.4. The first-order chi connectivity index (χ1) is 14.1. The van der Waals surface area contributed by atoms with Crippen LogP contribution >= 0.6 is 11.3 Å². The summed E-state index contributed by atoms with van der Waals surface area (Å²) in [6.45, 7) is 0. The number of aromatic amines is 2. The number of H-pyrrole nitrogens is 2. The lowest BCUT2D eigenvalue weighted by Gasteiger charge is -2.09. The molecule has 0 aliphatic rings. The summed E-state index contributed by atoms with van der Waals surface area (Å²) in [4.78, 5) is 34.8. The summed E-state index contributed by atoms with van der Waals surface area (Å²) in [5.74, 6) is 0.752. The number of hydrogen-bond acceptors (Lipinski definition) is 5. The van der Waals surface area contributed by atoms with Crippen LogP contribution in [0.3, 0.4) is 0 Å². The van der Waals surface area contributed by atoms with E-state index < -0.39 is 11.2 Å². The van der Waals surface area contributed by atoms with Gasteiger partial charge in [-0.05, 0) is 29.3 Å². The molecule has 0 atom stereocenters. The van der Waals surface area contributed by atoms with E-state index in [1.807, 2.05) is 60.7 Å². The van der Waals surface area contributed by atoms with Gasteiger partial charge in [0.05, 0.1) is 18.3 Å². The van der Waals surface area contributed by atoms with Gasteiger partial charge in [0.1, 0.15) is 15.3 Å². The summed E-state index contributed by atoms with van der Waals surface area (Å²) in [6, 6.07) is 19.5. The molecular formula is C22H15N3O3S. The molecule has 5 rings (SSSR count). The minimum absolute atomic E-state index is 0.409. The number of aromatic nitrogens is 3. The fraction of sp³-hybridized carbons (Fsp3) is 0.0455. The van der Waals surface area contributed by atoms with E-state index in [-0.39, 0.29) is 0 Å². The summed E-state index contributed by atoms with van der Waals surface area (Å²) in [7, 11) is 1.62. The number of nitrogens with one attached hydrogen (secondary N) is 2. The van der Waals surface area contributed by atoms with Crippen molar-refractivity contribution in [1.82, 2.24) is 15.0 Å². The molecular weight excluding hydrogens is 386 g/mol. The Balaban J connectivity index is 1.90. The zero-order chi connectivity index (χ0) is 20.0. The maximum absolute atomic E-state index is 12.3. The van der Waals surface area contributed by atoms with Crippen molar-refractivity contribution in [2.24, 2.45) is 0 Å². The van der Waals surface area contributed by atoms with Gasteiger partial charge in [-0.2, -0.15) is 0 Å². The molecule has 3 heterocycles. The van der Waals surface area contributed by atoms with Crippen LogP contribution in [0, 0.1) is 0 Å². The van der Waals surface area contributed by atoms with Gasteiger partial charge in [0.2, 0.25) is 0 Å². The van der Waals surface area contributed by atoms with Crippen LogP contribution in [0.15, 0.2) is 70.3 Å². The van der Waals surface area contributed by atoms with Gasteiger partial charge in [0.15, 0.2) is 0 Å². The number of hydrogen-bond donors (Lipinski definition) is 2. The van der Waals surface area contributed by atoms with Crippen LogP contribution in [-0.4, -0.2) is 22.1 Å². The van der Waals surface area contributed by atoms with Crippen molar-refractivity contribution in [3.05, 3.63) is 81.5 Å². The molecule has 29 heavy (non-hydrogen) atoms. The first-order valence-electron chi connectivity index (χ1n) is 8.94. The number of nitrogens with zero attached hydrogens (tertiary/aromatic N) is 1. The molecule has 0 spiro atoms. The van der Waals surface area contributed by atoms with Crippen molar-refractivity contribution in [2.75, 3.05) is 7.11 Å². The van der Waals surface area contributed by atoms with Crippen molar-refractivity contribution < 1.29 is 4.74 Å². The molecule has 0 saturated heterocycles. The van der Waals surface area contributed by atoms with E-state index in [4.69, 9.17) is 9.72 Å². The Hall–Kier alpha value is -3.71. The summed E-state index contributed by atoms with van der Waals surface area (Å²) >= 11 is 1.27. The predicted molar refractivity (Wildman–Crippen MR) is 116 cm³/mol. The van der Waals surface area contributed by atoms with Gasteiger partial charge in [-0.25, -0.2) is 9.78 Å². The summed E-state index contributed by atoms with van der Waals surface area (Å²) in [5.41, 5.74) is 3.18. The van der Waals surface area contributed by atoms with E-state index in [1.165, 1.54) is 11.3 Å². The third-order valence-corrected chi connectivity index (χ3v) is 5.89. The molecule has 0 amide bonds. The van der Waals surface area contributed by atoms with E-state index in [2.05, 4.69) is 9.97 Å². The first-order valence-corrected chi connectivity index (χ1v) is 9.75. The molecule has 0 fully saturated rings. The summed E-state index contributed by atoms with van der Waals surface area (Å²) in [5, 5.41) is 0.762. The Morgan fingerprint density at radius 3 is 2.41 bits per heavy atom. The average Bonchev–Trinajstić information content (AvgIpc) is 3.13. The van der Waals surface area contributed by atoms with E-state index >= 15 is 0 Å². The van der Waals surface area contributed by atoms with Crippen molar-refractivity contribution in [3.8, 4) is 28.1 Å². The SMILES string of the molecule is COc1ccc(-c2cc(-c3ccccc3)nc3sc4c(=O)[nH]c(=O)[nH]c4c23)cc1. The monoisotopic (exact) mass is 401 g/mol. The Kier molecular flexibility index (Phi) is 4.03. The third kappa shape index (κ3) is 2.92. The molecule has 2 aromatic carbocycles. The molecule has 0 aliphatic heterocycles. The number of rotatable bonds is 3. The maximum Gasteiger partial charge on any atom is 0.326 e. The van der Waals surface area contributed by atoms with Crippen molar-refractivity contribution in [3.63, 3.8) is 0 Å². The highest BCUT2D eigenvalue weighted by Gasteiger charge is 2.17. The highest BCUT2D eigenvalue weighted by Crippen LogP contribution is 2.39. The average molecular weight is 401 g/mol. The summed E-state index contributed by atoms with van der Waals surface area (Å²) < 4.78 is 5.72. The molecule has 3 aromatic heterocycles. The van der Waals surface area contributed by atoms with Crippen LogP contribution in [0.5, 0.6) is 5.75 Å². The number of benzene rings is 2. The topological polar surface area (TPSA) is 87.8 Å². The Morgan fingerprint density at radius 2 is 1.69 bits per heavy atom. The van der Waals surface area contributed by atoms with Crippen LogP contribution in [0.4, 0.5) is 0 Å². The molecule has 6 nitrogen and oxygen atoms in total. The predicted octanol–water partition coefficient (Wildman–Crippen LogP) is 4.17. The van der Waals surface area contributed by atoms with Crippen molar-refractivity contribution >= 4 is 31.8 Å². The van der Waals surface area contributed by atoms with E-state index in [9.17, 15) is 9.59 Å². The number of fused-ring (bicyclic) bond motifs is 3. The Morgan fingerprint density at radius 1 is 0.931 bits per heavy atom. The van der Waals surface area contributed by atoms with Gasteiger partial charge in [-0.1, -0.05) is 42.5 Å². The lowest BCUT2D eigenvalue weighted by molar-refractivity contribution is 0.415. The quantitative estimate of drug-likeness (QED) is 0.475. The van der Waals surface area contributed by atoms with E-state index in [0.29, 0.717) is 15.0 Å². The lowest BCUT2D eigenvalue weighted by Crippen LogP contribution is -2.20. The van der Waals surface area contributed by atoms with Crippen LogP contribution < -0.4 is 16.0 Å². The van der Waals surface area contributed by atoms with Gasteiger partial charge in [-0.3, -0.25) is 9.78 Å². The second-order valence-corrected chi connectivity index (χ2v) is 7.54. The molecule has 0 unspecified atom stereocenters. The van der Waals surface area contributed by atoms with Gasteiger partial charge >= 0.3 is 5.69 Å². The normalized spacial score (nSPS) is 11.2. The highest BCUT2D eigenvalue weighted by molar-refractivity contribution is 7.25. The number of methoxy groups -OCH3 is 1. The zero-order valence-corrected chi connectivity index (χ0v) is 16.2. The van der Waals surface area contributed by atoms with Crippen molar-refractivity contribution in [1.29, 1.82) is 0 Å². The third-order valence-electron chi connectivity index (χ3n) is 4.80. The summed E-state index contributed by atoms with van der Waals surface area (Å²) in [6.07, 6.45) is 0. The van der Waals surface area contributed by atoms with Crippen LogP contribution in [0.1, 0.15) is 0 Å². The number of ether oxygens (including phenoxy) is 1. The second-order valence-electron chi connectivity index (χ2n) is 6.54. The molecule has 0 aliphatic carbocycles. The minimum atomic E-state index is -0.532. The van der Waals surface area contributed by atoms with Crippen LogP contribution in [0.25, 0.3) is 42.8 Å². The lowest BCUT2D eigenvalue weighted by atomic mass is 10.00. The largest absolute Gasteiger partial charge is 0.497 e. The molecule has 0 saturated carbocycles. The minimum Gasteiger partial charge on any atom is -0.497 e. The first kappa shape index (κ1) is 17.4. The smallest absolute Gasteiger partial charge is 0.326 e. The van der Waals surface area contributed by atoms with Gasteiger partial charge in [-0.15, -0.1) is 11.3 Å². The Bertz CT molecular complexity index is 1470. The number of pyridine rings is 1. The van der Waals surface area contributed by atoms with Crippen molar-refractivity contribution in [2.45, 2.75) is 0 Å². The Labute approximate surface area is 168 Å². The standard InChI is InChI=1S/C22H15N3O3S/c1-28-14-9-7-12(8-10-14)15-11-16(13-5-3-2-4-6-13)23-21-17(15)18-19(29-21)20(26)25-22(27)24-18/h2-11H,1H3,(H2,24,25,26,27). The molecule has 7 heteroatoms.